The molecule has 1 N–H and O–H groups in total. The first-order chi connectivity index (χ1) is 5.22. The summed E-state index contributed by atoms with van der Waals surface area (Å²) in [4.78, 5) is 0. The maximum atomic E-state index is 10.6. The Balaban J connectivity index is 3.44. The molecule has 0 aromatic rings. The van der Waals surface area contributed by atoms with Crippen LogP contribution in [0.4, 0.5) is 0 Å². The Morgan fingerprint density at radius 3 is 2.36 bits per heavy atom. The van der Waals surface area contributed by atoms with Gasteiger partial charge >= 0.3 is 0 Å². The smallest absolute Gasteiger partial charge is 0.155 e. The predicted molar refractivity (Wildman–Crippen MR) is 49.0 cm³/mol. The average molecular weight is 178 g/mol. The standard InChI is InChI=1S/C8H18O2S/c1-3-5-6-7-8(4-2)11(9)10/h8H,3-7H2,1-2H3,(H,9,10). The fraction of sp³-hybridized carbons (Fsp3) is 1.00. The summed E-state index contributed by atoms with van der Waals surface area (Å²) in [6, 6.07) is 0. The van der Waals surface area contributed by atoms with E-state index in [4.69, 9.17) is 4.55 Å². The highest BCUT2D eigenvalue weighted by molar-refractivity contribution is 7.79. The number of hydrogen-bond acceptors (Lipinski definition) is 1. The third kappa shape index (κ3) is 5.39. The second kappa shape index (κ2) is 6.80. The van der Waals surface area contributed by atoms with Crippen molar-refractivity contribution in [3.63, 3.8) is 0 Å². The maximum Gasteiger partial charge on any atom is 0.155 e. The molecule has 0 aromatic heterocycles. The lowest BCUT2D eigenvalue weighted by atomic mass is 10.1. The predicted octanol–water partition coefficient (Wildman–Crippen LogP) is 2.57. The zero-order valence-corrected chi connectivity index (χ0v) is 8.19. The fourth-order valence-electron chi connectivity index (χ4n) is 1.07. The van der Waals surface area contributed by atoms with E-state index in [1.165, 1.54) is 12.8 Å². The van der Waals surface area contributed by atoms with Gasteiger partial charge in [-0.25, -0.2) is 4.21 Å². The Bertz CT molecular complexity index is 115. The van der Waals surface area contributed by atoms with Crippen molar-refractivity contribution in [3.05, 3.63) is 0 Å². The van der Waals surface area contributed by atoms with Gasteiger partial charge < -0.3 is 4.55 Å². The van der Waals surface area contributed by atoms with Gasteiger partial charge in [0.05, 0.1) is 5.25 Å². The number of unbranched alkanes of at least 4 members (excludes halogenated alkanes) is 2. The molecule has 2 atom stereocenters. The largest absolute Gasteiger partial charge is 0.306 e. The van der Waals surface area contributed by atoms with Crippen molar-refractivity contribution in [2.75, 3.05) is 0 Å². The van der Waals surface area contributed by atoms with E-state index < -0.39 is 11.1 Å². The highest BCUT2D eigenvalue weighted by Gasteiger charge is 2.10. The van der Waals surface area contributed by atoms with Gasteiger partial charge in [0, 0.05) is 0 Å². The quantitative estimate of drug-likeness (QED) is 0.501. The molecule has 0 rings (SSSR count). The summed E-state index contributed by atoms with van der Waals surface area (Å²) in [5.74, 6) is 0. The van der Waals surface area contributed by atoms with Crippen molar-refractivity contribution < 1.29 is 8.76 Å². The summed E-state index contributed by atoms with van der Waals surface area (Å²) in [7, 11) is 0. The molecule has 2 nitrogen and oxygen atoms in total. The molecular formula is C8H18O2S. The first-order valence-corrected chi connectivity index (χ1v) is 5.49. The van der Waals surface area contributed by atoms with Gasteiger partial charge in [-0.15, -0.1) is 0 Å². The van der Waals surface area contributed by atoms with Crippen molar-refractivity contribution >= 4 is 11.1 Å². The first-order valence-electron chi connectivity index (χ1n) is 4.32. The molecule has 0 fully saturated rings. The van der Waals surface area contributed by atoms with Crippen LogP contribution in [0.15, 0.2) is 0 Å². The molecule has 0 heterocycles. The summed E-state index contributed by atoms with van der Waals surface area (Å²) in [6.07, 6.45) is 5.14. The second-order valence-corrected chi connectivity index (χ2v) is 4.02. The molecule has 68 valence electrons. The van der Waals surface area contributed by atoms with Gasteiger partial charge in [0.15, 0.2) is 11.1 Å². The van der Waals surface area contributed by atoms with Gasteiger partial charge in [-0.3, -0.25) is 0 Å². The van der Waals surface area contributed by atoms with Gasteiger partial charge in [-0.05, 0) is 12.8 Å². The third-order valence-corrected chi connectivity index (χ3v) is 3.01. The van der Waals surface area contributed by atoms with Crippen molar-refractivity contribution in [2.45, 2.75) is 51.2 Å². The second-order valence-electron chi connectivity index (χ2n) is 2.80. The highest BCUT2D eigenvalue weighted by Crippen LogP contribution is 2.10. The Labute approximate surface area is 71.7 Å². The highest BCUT2D eigenvalue weighted by atomic mass is 32.2. The Hall–Kier alpha value is 0.110. The summed E-state index contributed by atoms with van der Waals surface area (Å²) in [6.45, 7) is 4.10. The molecule has 0 saturated carbocycles. The van der Waals surface area contributed by atoms with E-state index in [1.54, 1.807) is 0 Å². The lowest BCUT2D eigenvalue weighted by Gasteiger charge is -2.08. The van der Waals surface area contributed by atoms with Crippen LogP contribution in [0.3, 0.4) is 0 Å². The van der Waals surface area contributed by atoms with E-state index in [-0.39, 0.29) is 5.25 Å². The molecule has 0 amide bonds. The van der Waals surface area contributed by atoms with Crippen LogP contribution in [0.1, 0.15) is 46.0 Å². The number of rotatable bonds is 6. The molecule has 0 saturated heterocycles. The Kier molecular flexibility index (Phi) is 6.87. The molecule has 2 unspecified atom stereocenters. The minimum absolute atomic E-state index is 0.00144. The van der Waals surface area contributed by atoms with Crippen molar-refractivity contribution in [1.82, 2.24) is 0 Å². The molecule has 3 heteroatoms. The average Bonchev–Trinajstić information content (AvgIpc) is 1.97. The minimum atomic E-state index is -1.61. The van der Waals surface area contributed by atoms with Gasteiger partial charge in [0.2, 0.25) is 0 Å². The first kappa shape index (κ1) is 11.1. The normalized spacial score (nSPS) is 16.3. The van der Waals surface area contributed by atoms with Crippen LogP contribution in [0, 0.1) is 0 Å². The number of hydrogen-bond donors (Lipinski definition) is 1. The molecular weight excluding hydrogens is 160 g/mol. The fourth-order valence-corrected chi connectivity index (χ4v) is 1.72. The summed E-state index contributed by atoms with van der Waals surface area (Å²) >= 11 is -1.61. The third-order valence-electron chi connectivity index (χ3n) is 1.87. The van der Waals surface area contributed by atoms with E-state index in [1.807, 2.05) is 6.92 Å². The molecule has 0 bridgehead atoms. The van der Waals surface area contributed by atoms with E-state index in [0.717, 1.165) is 19.3 Å². The van der Waals surface area contributed by atoms with Crippen LogP contribution >= 0.6 is 0 Å². The SMILES string of the molecule is CCCCCC(CC)S(=O)O. The van der Waals surface area contributed by atoms with Gasteiger partial charge in [0.1, 0.15) is 0 Å². The van der Waals surface area contributed by atoms with Crippen LogP contribution in [-0.4, -0.2) is 14.0 Å². The van der Waals surface area contributed by atoms with E-state index >= 15 is 0 Å². The maximum absolute atomic E-state index is 10.6. The van der Waals surface area contributed by atoms with Crippen LogP contribution < -0.4 is 0 Å². The Morgan fingerprint density at radius 2 is 2.00 bits per heavy atom. The molecule has 0 radical (unpaired) electrons. The molecule has 0 aliphatic carbocycles. The Morgan fingerprint density at radius 1 is 1.36 bits per heavy atom. The molecule has 0 aliphatic heterocycles. The van der Waals surface area contributed by atoms with Crippen molar-refractivity contribution in [2.24, 2.45) is 0 Å². The lowest BCUT2D eigenvalue weighted by Crippen LogP contribution is -2.12. The van der Waals surface area contributed by atoms with Gasteiger partial charge in [-0.2, -0.15) is 0 Å². The van der Waals surface area contributed by atoms with Crippen molar-refractivity contribution in [3.8, 4) is 0 Å². The zero-order valence-electron chi connectivity index (χ0n) is 7.38. The van der Waals surface area contributed by atoms with E-state index in [0.29, 0.717) is 0 Å². The van der Waals surface area contributed by atoms with Crippen molar-refractivity contribution in [1.29, 1.82) is 0 Å². The van der Waals surface area contributed by atoms with Crippen LogP contribution in [0.25, 0.3) is 0 Å². The summed E-state index contributed by atoms with van der Waals surface area (Å²) < 4.78 is 19.4. The lowest BCUT2D eigenvalue weighted by molar-refractivity contribution is 0.526. The van der Waals surface area contributed by atoms with Crippen LogP contribution in [-0.2, 0) is 11.1 Å². The molecule has 0 spiro atoms. The van der Waals surface area contributed by atoms with Crippen LogP contribution in [0.5, 0.6) is 0 Å². The minimum Gasteiger partial charge on any atom is -0.306 e. The zero-order chi connectivity index (χ0) is 8.69. The summed E-state index contributed by atoms with van der Waals surface area (Å²) in [5.41, 5.74) is 0. The van der Waals surface area contributed by atoms with Crippen LogP contribution in [0.2, 0.25) is 0 Å². The van der Waals surface area contributed by atoms with E-state index in [9.17, 15) is 4.21 Å². The van der Waals surface area contributed by atoms with Gasteiger partial charge in [0.25, 0.3) is 0 Å². The molecule has 0 aliphatic rings. The topological polar surface area (TPSA) is 37.3 Å². The molecule has 0 aromatic carbocycles. The van der Waals surface area contributed by atoms with E-state index in [2.05, 4.69) is 6.92 Å². The summed E-state index contributed by atoms with van der Waals surface area (Å²) in [5, 5.41) is 0.00144. The molecule has 11 heavy (non-hydrogen) atoms. The monoisotopic (exact) mass is 178 g/mol. The van der Waals surface area contributed by atoms with Gasteiger partial charge in [-0.1, -0.05) is 33.1 Å².